The predicted octanol–water partition coefficient (Wildman–Crippen LogP) is 6.70. The van der Waals surface area contributed by atoms with Crippen LogP contribution in [0.4, 0.5) is 0 Å². The highest BCUT2D eigenvalue weighted by molar-refractivity contribution is 7.51. The maximum Gasteiger partial charge on any atom is 0.325 e. The van der Waals surface area contributed by atoms with Crippen LogP contribution in [-0.2, 0) is 4.57 Å². The summed E-state index contributed by atoms with van der Waals surface area (Å²) in [5, 5.41) is 0. The second-order valence-corrected chi connectivity index (χ2v) is 9.00. The lowest BCUT2D eigenvalue weighted by Gasteiger charge is -2.03. The van der Waals surface area contributed by atoms with Crippen LogP contribution in [0.25, 0.3) is 0 Å². The molecular formula is C21H37O3P. The average Bonchev–Trinajstić information content (AvgIpc) is 2.45. The van der Waals surface area contributed by atoms with Crippen molar-refractivity contribution < 1.29 is 14.4 Å². The van der Waals surface area contributed by atoms with Crippen LogP contribution in [0.3, 0.4) is 0 Å². The fourth-order valence-corrected chi connectivity index (χ4v) is 2.93. The first kappa shape index (κ1) is 24.1. The maximum absolute atomic E-state index is 10.8. The summed E-state index contributed by atoms with van der Waals surface area (Å²) in [6.07, 6.45) is 15.7. The van der Waals surface area contributed by atoms with Gasteiger partial charge in [-0.1, -0.05) is 46.6 Å². The predicted molar refractivity (Wildman–Crippen MR) is 110 cm³/mol. The molecule has 0 rings (SSSR count). The van der Waals surface area contributed by atoms with Crippen LogP contribution >= 0.6 is 7.60 Å². The van der Waals surface area contributed by atoms with Crippen LogP contribution < -0.4 is 0 Å². The van der Waals surface area contributed by atoms with Crippen LogP contribution in [0.2, 0.25) is 0 Å². The van der Waals surface area contributed by atoms with Gasteiger partial charge in [-0.15, -0.1) is 0 Å². The molecule has 0 saturated heterocycles. The van der Waals surface area contributed by atoms with Gasteiger partial charge >= 0.3 is 7.60 Å². The Morgan fingerprint density at radius 2 is 1.04 bits per heavy atom. The second-order valence-electron chi connectivity index (χ2n) is 7.23. The van der Waals surface area contributed by atoms with Gasteiger partial charge in [0.05, 0.1) is 6.16 Å². The molecule has 0 aromatic carbocycles. The minimum Gasteiger partial charge on any atom is -0.324 e. The van der Waals surface area contributed by atoms with E-state index in [4.69, 9.17) is 9.79 Å². The molecule has 0 saturated carbocycles. The van der Waals surface area contributed by atoms with E-state index in [9.17, 15) is 4.57 Å². The number of hydrogen-bond acceptors (Lipinski definition) is 1. The second kappa shape index (κ2) is 13.3. The van der Waals surface area contributed by atoms with Gasteiger partial charge in [0, 0.05) is 0 Å². The first-order valence-electron chi connectivity index (χ1n) is 9.25. The lowest BCUT2D eigenvalue weighted by Crippen LogP contribution is -1.86. The van der Waals surface area contributed by atoms with Gasteiger partial charge in [-0.05, 0) is 79.6 Å². The highest BCUT2D eigenvalue weighted by atomic mass is 31.2. The van der Waals surface area contributed by atoms with Crippen molar-refractivity contribution in [3.8, 4) is 0 Å². The zero-order valence-electron chi connectivity index (χ0n) is 16.7. The molecule has 0 unspecified atom stereocenters. The summed E-state index contributed by atoms with van der Waals surface area (Å²) in [6.45, 7) is 10.7. The van der Waals surface area contributed by atoms with Crippen LogP contribution in [0.1, 0.15) is 79.6 Å². The molecule has 4 heteroatoms. The summed E-state index contributed by atoms with van der Waals surface area (Å²) in [5.41, 5.74) is 5.47. The van der Waals surface area contributed by atoms with Gasteiger partial charge in [0.1, 0.15) is 0 Å². The average molecular weight is 368 g/mol. The topological polar surface area (TPSA) is 57.5 Å². The molecule has 0 aromatic rings. The van der Waals surface area contributed by atoms with Crippen molar-refractivity contribution in [1.82, 2.24) is 0 Å². The van der Waals surface area contributed by atoms with Gasteiger partial charge in [-0.2, -0.15) is 0 Å². The molecule has 0 aliphatic carbocycles. The van der Waals surface area contributed by atoms with E-state index in [-0.39, 0.29) is 6.16 Å². The number of rotatable bonds is 12. The van der Waals surface area contributed by atoms with E-state index in [0.717, 1.165) is 38.5 Å². The van der Waals surface area contributed by atoms with E-state index in [1.54, 1.807) is 0 Å². The smallest absolute Gasteiger partial charge is 0.324 e. The zero-order chi connectivity index (χ0) is 19.3. The quantitative estimate of drug-likeness (QED) is 0.298. The van der Waals surface area contributed by atoms with E-state index in [2.05, 4.69) is 45.9 Å². The maximum atomic E-state index is 10.8. The van der Waals surface area contributed by atoms with Gasteiger partial charge in [-0.3, -0.25) is 4.57 Å². The summed E-state index contributed by atoms with van der Waals surface area (Å²) < 4.78 is 10.8. The Morgan fingerprint density at radius 3 is 1.40 bits per heavy atom. The van der Waals surface area contributed by atoms with Crippen molar-refractivity contribution in [1.29, 1.82) is 0 Å². The third-order valence-corrected chi connectivity index (χ3v) is 4.91. The van der Waals surface area contributed by atoms with Crippen LogP contribution in [0, 0.1) is 0 Å². The van der Waals surface area contributed by atoms with Gasteiger partial charge in [-0.25, -0.2) is 0 Å². The van der Waals surface area contributed by atoms with Crippen molar-refractivity contribution in [2.75, 3.05) is 6.16 Å². The Kier molecular flexibility index (Phi) is 12.9. The monoisotopic (exact) mass is 368 g/mol. The van der Waals surface area contributed by atoms with E-state index in [1.165, 1.54) is 22.3 Å². The van der Waals surface area contributed by atoms with Gasteiger partial charge in [0.25, 0.3) is 0 Å². The molecule has 3 nitrogen and oxygen atoms in total. The van der Waals surface area contributed by atoms with Crippen LogP contribution in [0.15, 0.2) is 46.6 Å². The van der Waals surface area contributed by atoms with Gasteiger partial charge < -0.3 is 9.79 Å². The van der Waals surface area contributed by atoms with E-state index < -0.39 is 7.60 Å². The Bertz CT molecular complexity index is 543. The molecule has 0 bridgehead atoms. The zero-order valence-corrected chi connectivity index (χ0v) is 17.6. The summed E-state index contributed by atoms with van der Waals surface area (Å²) in [5.74, 6) is 0. The van der Waals surface area contributed by atoms with Crippen molar-refractivity contribution in [3.63, 3.8) is 0 Å². The summed E-state index contributed by atoms with van der Waals surface area (Å²) >= 11 is 0. The standard InChI is InChI=1S/C21H37O3P/c1-18(2)10-6-11-19(3)12-7-13-20(4)14-8-15-21(5)16-9-17-25(22,23)24/h10,12,14,16H,6-9,11,13,15,17H2,1-5H3,(H2,22,23,24)/b19-12+,20-14+,21-16+. The molecule has 144 valence electrons. The molecule has 0 heterocycles. The molecule has 0 amide bonds. The van der Waals surface area contributed by atoms with Crippen molar-refractivity contribution in [2.45, 2.75) is 79.6 Å². The molecule has 0 atom stereocenters. The highest BCUT2D eigenvalue weighted by Crippen LogP contribution is 2.35. The first-order chi connectivity index (χ1) is 11.6. The van der Waals surface area contributed by atoms with E-state index in [0.29, 0.717) is 6.42 Å². The fourth-order valence-electron chi connectivity index (χ4n) is 2.47. The first-order valence-corrected chi connectivity index (χ1v) is 11.0. The summed E-state index contributed by atoms with van der Waals surface area (Å²) in [7, 11) is -3.86. The molecule has 0 aliphatic heterocycles. The lowest BCUT2D eigenvalue weighted by molar-refractivity contribution is 0.373. The molecular weight excluding hydrogens is 331 g/mol. The Hall–Kier alpha value is -0.890. The number of allylic oxidation sites excluding steroid dienone is 8. The van der Waals surface area contributed by atoms with Gasteiger partial charge in [0.2, 0.25) is 0 Å². The molecule has 0 aromatic heterocycles. The molecule has 0 aliphatic rings. The van der Waals surface area contributed by atoms with Crippen LogP contribution in [-0.4, -0.2) is 15.9 Å². The van der Waals surface area contributed by atoms with E-state index in [1.807, 2.05) is 13.0 Å². The normalized spacial score (nSPS) is 14.0. The molecule has 0 fully saturated rings. The third-order valence-electron chi connectivity index (χ3n) is 4.07. The van der Waals surface area contributed by atoms with Crippen molar-refractivity contribution >= 4 is 7.60 Å². The SMILES string of the molecule is CC(C)=CCC/C(C)=C/CC/C(C)=C/CC/C(C)=C/CCP(=O)(O)O. The Balaban J connectivity index is 4.03. The summed E-state index contributed by atoms with van der Waals surface area (Å²) in [6, 6.07) is 0. The van der Waals surface area contributed by atoms with E-state index >= 15 is 0 Å². The largest absolute Gasteiger partial charge is 0.325 e. The minimum atomic E-state index is -3.86. The lowest BCUT2D eigenvalue weighted by atomic mass is 10.0. The highest BCUT2D eigenvalue weighted by Gasteiger charge is 2.10. The summed E-state index contributed by atoms with van der Waals surface area (Å²) in [4.78, 5) is 17.7. The van der Waals surface area contributed by atoms with Crippen molar-refractivity contribution in [3.05, 3.63) is 46.6 Å². The van der Waals surface area contributed by atoms with Gasteiger partial charge in [0.15, 0.2) is 0 Å². The molecule has 2 N–H and O–H groups in total. The number of hydrogen-bond donors (Lipinski definition) is 2. The molecule has 0 radical (unpaired) electrons. The Morgan fingerprint density at radius 1 is 0.680 bits per heavy atom. The van der Waals surface area contributed by atoms with Crippen LogP contribution in [0.5, 0.6) is 0 Å². The fraction of sp³-hybridized carbons (Fsp3) is 0.619. The minimum absolute atomic E-state index is 0.0570. The Labute approximate surface area is 154 Å². The molecule has 0 spiro atoms. The molecule has 25 heavy (non-hydrogen) atoms. The third kappa shape index (κ3) is 17.7. The van der Waals surface area contributed by atoms with Crippen molar-refractivity contribution in [2.24, 2.45) is 0 Å².